The van der Waals surface area contributed by atoms with Gasteiger partial charge in [-0.05, 0) is 135 Å². The summed E-state index contributed by atoms with van der Waals surface area (Å²) in [6.07, 6.45) is 4.16. The summed E-state index contributed by atoms with van der Waals surface area (Å²) in [5.41, 5.74) is 13.3. The lowest BCUT2D eigenvalue weighted by Gasteiger charge is -2.35. The van der Waals surface area contributed by atoms with Crippen LogP contribution >= 0.6 is 11.6 Å². The molecule has 6 aromatic carbocycles. The fourth-order valence-corrected chi connectivity index (χ4v) is 12.8. The molecule has 0 amide bonds. The van der Waals surface area contributed by atoms with Crippen molar-refractivity contribution in [3.05, 3.63) is 172 Å². The van der Waals surface area contributed by atoms with E-state index < -0.39 is 5.82 Å². The van der Waals surface area contributed by atoms with Crippen LogP contribution in [0.2, 0.25) is 5.02 Å². The molecule has 0 atom stereocenters. The van der Waals surface area contributed by atoms with Gasteiger partial charge in [0.15, 0.2) is 0 Å². The van der Waals surface area contributed by atoms with Crippen LogP contribution < -0.4 is 20.0 Å². The van der Waals surface area contributed by atoms with Crippen LogP contribution in [0, 0.1) is 37.1 Å². The van der Waals surface area contributed by atoms with Crippen LogP contribution in [0.25, 0.3) is 44.3 Å². The van der Waals surface area contributed by atoms with Gasteiger partial charge in [-0.1, -0.05) is 48.0 Å². The zero-order valence-electron chi connectivity index (χ0n) is 44.5. The Kier molecular flexibility index (Phi) is 15.0. The lowest BCUT2D eigenvalue weighted by molar-refractivity contribution is 0.0558. The molecule has 4 saturated heterocycles. The number of morpholine rings is 2. The van der Waals surface area contributed by atoms with Crippen molar-refractivity contribution in [2.45, 2.75) is 50.4 Å². The van der Waals surface area contributed by atoms with E-state index in [1.165, 1.54) is 64.6 Å². The summed E-state index contributed by atoms with van der Waals surface area (Å²) < 4.78 is 79.2. The highest BCUT2D eigenvalue weighted by Gasteiger charge is 2.46. The molecule has 2 spiro atoms. The number of fused-ring (bicyclic) bond motifs is 6. The summed E-state index contributed by atoms with van der Waals surface area (Å²) in [6, 6.07) is 35.7. The Balaban J connectivity index is 0.000000131. The molecule has 14 rings (SSSR count). The number of aromatic nitrogens is 2. The van der Waals surface area contributed by atoms with Gasteiger partial charge in [0.05, 0.1) is 59.6 Å². The minimum Gasteiger partial charge on any atom is -0.384 e. The summed E-state index contributed by atoms with van der Waals surface area (Å²) in [5, 5.41) is 5.61. The number of rotatable bonds is 5. The van der Waals surface area contributed by atoms with Crippen molar-refractivity contribution in [1.29, 1.82) is 0 Å². The maximum atomic E-state index is 15.1. The minimum atomic E-state index is -0.399. The SMILES string of the molecule is Cc1c(-c2ccccc2F)nc2cc(F)ccc2c1Cl.Cc1c(-c2ccccc2F)nc2cc(F)ccc2c1N1CC2(CCOCC2)c2ccc(N3CCOCC3)cc21.c1cc2c(cc1N1CCOCC1)NCC21CCOCC1. The van der Waals surface area contributed by atoms with E-state index in [1.54, 1.807) is 43.3 Å². The van der Waals surface area contributed by atoms with Crippen molar-refractivity contribution in [2.24, 2.45) is 0 Å². The molecule has 15 heteroatoms. The summed E-state index contributed by atoms with van der Waals surface area (Å²) in [7, 11) is 0. The zero-order chi connectivity index (χ0) is 54.3. The van der Waals surface area contributed by atoms with Gasteiger partial charge in [-0.3, -0.25) is 0 Å². The molecule has 79 heavy (non-hydrogen) atoms. The Hall–Kier alpha value is -6.81. The van der Waals surface area contributed by atoms with E-state index in [0.29, 0.717) is 68.1 Å². The lowest BCUT2D eigenvalue weighted by Crippen LogP contribution is -2.37. The third-order valence-corrected chi connectivity index (χ3v) is 17.4. The third kappa shape index (κ3) is 10.3. The van der Waals surface area contributed by atoms with Crippen molar-refractivity contribution in [3.63, 3.8) is 0 Å². The second kappa shape index (κ2) is 22.4. The van der Waals surface area contributed by atoms with E-state index in [2.05, 4.69) is 61.4 Å². The standard InChI is InChI=1S/C32H31F2N3O2.C16H10ClF2N.C16H22N2O2/c1-21-30(24-4-2-3-5-27(24)34)35-28-18-22(33)6-8-25(28)31(21)37-20-32(10-14-38-15-11-32)26-9-7-23(19-29(26)37)36-12-16-39-17-13-36;1-9-15(17)12-7-6-10(18)8-14(12)20-16(9)11-4-2-3-5-13(11)19;1-2-14-15(11-13(1)18-5-9-20-10-6-18)17-12-16(14)3-7-19-8-4-16/h2-9,18-19H,10-17,20H2,1H3;2-8H,1H3;1-2,11,17H,3-10,12H2. The fraction of sp³-hybridized carbons (Fsp3) is 0.344. The van der Waals surface area contributed by atoms with Gasteiger partial charge in [0, 0.05) is 133 Å². The van der Waals surface area contributed by atoms with E-state index in [9.17, 15) is 13.2 Å². The largest absolute Gasteiger partial charge is 0.384 e. The summed E-state index contributed by atoms with van der Waals surface area (Å²) in [5.74, 6) is -1.48. The molecule has 2 aromatic heterocycles. The van der Waals surface area contributed by atoms with Crippen molar-refractivity contribution < 1.29 is 36.5 Å². The van der Waals surface area contributed by atoms with Gasteiger partial charge >= 0.3 is 0 Å². The van der Waals surface area contributed by atoms with Crippen molar-refractivity contribution >= 4 is 61.8 Å². The molecular formula is C64H63ClF4N6O4. The van der Waals surface area contributed by atoms with Crippen LogP contribution in [0.4, 0.5) is 46.0 Å². The molecule has 0 saturated carbocycles. The first-order valence-corrected chi connectivity index (χ1v) is 27.8. The van der Waals surface area contributed by atoms with Crippen molar-refractivity contribution in [3.8, 4) is 22.5 Å². The first-order valence-electron chi connectivity index (χ1n) is 27.5. The smallest absolute Gasteiger partial charge is 0.132 e. The molecule has 408 valence electrons. The molecule has 0 unspecified atom stereocenters. The van der Waals surface area contributed by atoms with Crippen molar-refractivity contribution in [2.75, 3.05) is 112 Å². The van der Waals surface area contributed by atoms with Gasteiger partial charge in [0.1, 0.15) is 23.3 Å². The first kappa shape index (κ1) is 52.9. The van der Waals surface area contributed by atoms with Crippen LogP contribution in [0.15, 0.2) is 121 Å². The number of benzene rings is 6. The van der Waals surface area contributed by atoms with E-state index in [-0.39, 0.29) is 22.9 Å². The highest BCUT2D eigenvalue weighted by molar-refractivity contribution is 6.36. The van der Waals surface area contributed by atoms with Crippen LogP contribution in [0.3, 0.4) is 0 Å². The maximum absolute atomic E-state index is 15.1. The van der Waals surface area contributed by atoms with E-state index in [1.807, 2.05) is 19.1 Å². The number of hydrogen-bond acceptors (Lipinski definition) is 10. The molecule has 10 nitrogen and oxygen atoms in total. The molecule has 6 aliphatic heterocycles. The van der Waals surface area contributed by atoms with Gasteiger partial charge in [-0.15, -0.1) is 0 Å². The van der Waals surface area contributed by atoms with Gasteiger partial charge < -0.3 is 39.0 Å². The molecule has 0 radical (unpaired) electrons. The topological polar surface area (TPSA) is 84.5 Å². The minimum absolute atomic E-state index is 0.0443. The maximum Gasteiger partial charge on any atom is 0.132 e. The average molecular weight is 1090 g/mol. The molecule has 0 bridgehead atoms. The Labute approximate surface area is 463 Å². The Bertz CT molecular complexity index is 3560. The predicted molar refractivity (Wildman–Crippen MR) is 307 cm³/mol. The van der Waals surface area contributed by atoms with Gasteiger partial charge in [-0.25, -0.2) is 27.5 Å². The number of anilines is 5. The van der Waals surface area contributed by atoms with E-state index in [4.69, 9.17) is 35.5 Å². The molecule has 1 N–H and O–H groups in total. The number of nitrogens with one attached hydrogen (secondary N) is 1. The van der Waals surface area contributed by atoms with Crippen LogP contribution in [0.5, 0.6) is 0 Å². The van der Waals surface area contributed by atoms with Crippen molar-refractivity contribution in [1.82, 2.24) is 9.97 Å². The third-order valence-electron chi connectivity index (χ3n) is 16.9. The van der Waals surface area contributed by atoms with Crippen LogP contribution in [-0.4, -0.2) is 102 Å². The van der Waals surface area contributed by atoms with Crippen LogP contribution in [0.1, 0.15) is 47.9 Å². The molecule has 6 aliphatic rings. The van der Waals surface area contributed by atoms with Gasteiger partial charge in [0.25, 0.3) is 0 Å². The van der Waals surface area contributed by atoms with Gasteiger partial charge in [0.2, 0.25) is 0 Å². The summed E-state index contributed by atoms with van der Waals surface area (Å²) >= 11 is 6.30. The molecule has 0 aliphatic carbocycles. The average Bonchev–Trinajstić information content (AvgIpc) is 4.19. The highest BCUT2D eigenvalue weighted by atomic mass is 35.5. The number of hydrogen-bond donors (Lipinski definition) is 1. The monoisotopic (exact) mass is 1090 g/mol. The summed E-state index contributed by atoms with van der Waals surface area (Å²) in [4.78, 5) is 16.3. The Morgan fingerprint density at radius 3 is 1.59 bits per heavy atom. The first-order chi connectivity index (χ1) is 38.5. The fourth-order valence-electron chi connectivity index (χ4n) is 12.6. The van der Waals surface area contributed by atoms with Crippen LogP contribution in [-0.2, 0) is 29.8 Å². The molecule has 8 aromatic rings. The molecule has 8 heterocycles. The number of nitrogens with zero attached hydrogens (tertiary/aromatic N) is 5. The van der Waals surface area contributed by atoms with E-state index >= 15 is 4.39 Å². The summed E-state index contributed by atoms with van der Waals surface area (Å²) in [6.45, 7) is 15.7. The molecule has 4 fully saturated rings. The normalized spacial score (nSPS) is 18.2. The second-order valence-corrected chi connectivity index (χ2v) is 21.8. The molecular weight excluding hydrogens is 1030 g/mol. The Morgan fingerprint density at radius 2 is 1.01 bits per heavy atom. The number of ether oxygens (including phenoxy) is 4. The van der Waals surface area contributed by atoms with E-state index in [0.717, 1.165) is 127 Å². The number of halogens is 5. The number of pyridine rings is 2. The highest BCUT2D eigenvalue weighted by Crippen LogP contribution is 2.53. The predicted octanol–water partition coefficient (Wildman–Crippen LogP) is 13.7. The lowest BCUT2D eigenvalue weighted by atomic mass is 9.76. The van der Waals surface area contributed by atoms with Gasteiger partial charge in [-0.2, -0.15) is 0 Å². The zero-order valence-corrected chi connectivity index (χ0v) is 45.3. The quantitative estimate of drug-likeness (QED) is 0.168. The second-order valence-electron chi connectivity index (χ2n) is 21.5. The Morgan fingerprint density at radius 1 is 0.519 bits per heavy atom.